The highest BCUT2D eigenvalue weighted by molar-refractivity contribution is 5.85. The van der Waals surface area contributed by atoms with E-state index in [0.29, 0.717) is 13.2 Å². The molecule has 0 bridgehead atoms. The van der Waals surface area contributed by atoms with Crippen LogP contribution in [-0.4, -0.2) is 38.3 Å². The Balaban J connectivity index is 0.00000169. The highest BCUT2D eigenvalue weighted by atomic mass is 35.5. The monoisotopic (exact) mass is 222 g/mol. The van der Waals surface area contributed by atoms with Gasteiger partial charge in [0.25, 0.3) is 0 Å². The van der Waals surface area contributed by atoms with Crippen molar-refractivity contribution in [2.45, 2.75) is 19.9 Å². The number of hydrogen-bond donors (Lipinski definition) is 2. The Morgan fingerprint density at radius 3 is 2.71 bits per heavy atom. The molecule has 0 aromatic heterocycles. The molecule has 0 aromatic rings. The highest BCUT2D eigenvalue weighted by Gasteiger charge is 2.25. The number of carbonyl (C=O) groups excluding carboxylic acids is 1. The molecule has 1 heterocycles. The van der Waals surface area contributed by atoms with Crippen LogP contribution in [0.5, 0.6) is 0 Å². The third-order valence-electron chi connectivity index (χ3n) is 2.11. The number of nitrogens with one attached hydrogen (secondary N) is 2. The van der Waals surface area contributed by atoms with Crippen molar-refractivity contribution in [1.82, 2.24) is 10.6 Å². The second-order valence-corrected chi connectivity index (χ2v) is 3.42. The van der Waals surface area contributed by atoms with E-state index in [1.165, 1.54) is 0 Å². The molecule has 84 valence electrons. The van der Waals surface area contributed by atoms with Crippen LogP contribution in [0.2, 0.25) is 0 Å². The summed E-state index contributed by atoms with van der Waals surface area (Å²) in [5.74, 6) is 0.315. The Labute approximate surface area is 91.2 Å². The molecule has 0 aliphatic carbocycles. The van der Waals surface area contributed by atoms with Crippen LogP contribution in [0, 0.1) is 5.92 Å². The number of carbonyl (C=O) groups is 1. The molecular weight excluding hydrogens is 204 g/mol. The molecular formula is C9H19ClN2O2. The van der Waals surface area contributed by atoms with Gasteiger partial charge >= 0.3 is 0 Å². The smallest absolute Gasteiger partial charge is 0.225 e. The maximum absolute atomic E-state index is 11.4. The van der Waals surface area contributed by atoms with E-state index in [1.807, 2.05) is 13.8 Å². The fourth-order valence-corrected chi connectivity index (χ4v) is 1.17. The van der Waals surface area contributed by atoms with Crippen molar-refractivity contribution in [3.63, 3.8) is 0 Å². The SMILES string of the molecule is CCOC[C@H](C)NC(=O)C1CNC1.Cl. The summed E-state index contributed by atoms with van der Waals surface area (Å²) >= 11 is 0. The molecule has 1 rings (SSSR count). The van der Waals surface area contributed by atoms with E-state index in [1.54, 1.807) is 0 Å². The van der Waals surface area contributed by atoms with E-state index in [0.717, 1.165) is 13.1 Å². The summed E-state index contributed by atoms with van der Waals surface area (Å²) in [6.45, 7) is 6.83. The zero-order valence-electron chi connectivity index (χ0n) is 8.71. The molecule has 1 aliphatic rings. The van der Waals surface area contributed by atoms with Gasteiger partial charge in [-0.15, -0.1) is 12.4 Å². The maximum Gasteiger partial charge on any atom is 0.225 e. The first-order chi connectivity index (χ1) is 6.24. The molecule has 4 nitrogen and oxygen atoms in total. The molecule has 0 spiro atoms. The van der Waals surface area contributed by atoms with Gasteiger partial charge in [-0.1, -0.05) is 0 Å². The van der Waals surface area contributed by atoms with Crippen molar-refractivity contribution < 1.29 is 9.53 Å². The van der Waals surface area contributed by atoms with Gasteiger partial charge in [0.2, 0.25) is 5.91 Å². The van der Waals surface area contributed by atoms with E-state index in [2.05, 4.69) is 10.6 Å². The molecule has 0 aromatic carbocycles. The first kappa shape index (κ1) is 13.7. The van der Waals surface area contributed by atoms with Crippen molar-refractivity contribution in [3.8, 4) is 0 Å². The molecule has 1 aliphatic heterocycles. The second-order valence-electron chi connectivity index (χ2n) is 3.42. The van der Waals surface area contributed by atoms with E-state index in [-0.39, 0.29) is 30.3 Å². The topological polar surface area (TPSA) is 50.4 Å². The van der Waals surface area contributed by atoms with Gasteiger partial charge in [-0.2, -0.15) is 0 Å². The molecule has 0 unspecified atom stereocenters. The lowest BCUT2D eigenvalue weighted by Gasteiger charge is -2.27. The molecule has 1 fully saturated rings. The first-order valence-corrected chi connectivity index (χ1v) is 4.83. The van der Waals surface area contributed by atoms with Gasteiger partial charge in [-0.05, 0) is 13.8 Å². The van der Waals surface area contributed by atoms with Crippen LogP contribution in [0.3, 0.4) is 0 Å². The molecule has 5 heteroatoms. The summed E-state index contributed by atoms with van der Waals surface area (Å²) in [4.78, 5) is 11.4. The number of halogens is 1. The van der Waals surface area contributed by atoms with Crippen molar-refractivity contribution in [1.29, 1.82) is 0 Å². The normalized spacial score (nSPS) is 17.9. The molecule has 0 saturated carbocycles. The average Bonchev–Trinajstić information content (AvgIpc) is 1.97. The Morgan fingerprint density at radius 1 is 1.64 bits per heavy atom. The number of hydrogen-bond acceptors (Lipinski definition) is 3. The van der Waals surface area contributed by atoms with E-state index in [9.17, 15) is 4.79 Å². The first-order valence-electron chi connectivity index (χ1n) is 4.83. The van der Waals surface area contributed by atoms with E-state index in [4.69, 9.17) is 4.74 Å². The number of ether oxygens (including phenoxy) is 1. The standard InChI is InChI=1S/C9H18N2O2.ClH/c1-3-13-6-7(2)11-9(12)8-4-10-5-8;/h7-8,10H,3-6H2,1-2H3,(H,11,12);1H/t7-;/m0./s1. The van der Waals surface area contributed by atoms with Crippen LogP contribution < -0.4 is 10.6 Å². The minimum absolute atomic E-state index is 0. The van der Waals surface area contributed by atoms with Gasteiger partial charge in [0.05, 0.1) is 12.5 Å². The minimum atomic E-state index is 0. The van der Waals surface area contributed by atoms with Crippen LogP contribution >= 0.6 is 12.4 Å². The van der Waals surface area contributed by atoms with Crippen LogP contribution in [-0.2, 0) is 9.53 Å². The lowest BCUT2D eigenvalue weighted by molar-refractivity contribution is -0.127. The Morgan fingerprint density at radius 2 is 2.29 bits per heavy atom. The third-order valence-corrected chi connectivity index (χ3v) is 2.11. The average molecular weight is 223 g/mol. The minimum Gasteiger partial charge on any atom is -0.380 e. The van der Waals surface area contributed by atoms with E-state index < -0.39 is 0 Å². The van der Waals surface area contributed by atoms with Gasteiger partial charge < -0.3 is 15.4 Å². The summed E-state index contributed by atoms with van der Waals surface area (Å²) in [7, 11) is 0. The highest BCUT2D eigenvalue weighted by Crippen LogP contribution is 2.02. The maximum atomic E-state index is 11.4. The van der Waals surface area contributed by atoms with Crippen molar-refractivity contribution >= 4 is 18.3 Å². The summed E-state index contributed by atoms with van der Waals surface area (Å²) < 4.78 is 5.20. The van der Waals surface area contributed by atoms with Crippen LogP contribution in [0.1, 0.15) is 13.8 Å². The quantitative estimate of drug-likeness (QED) is 0.697. The van der Waals surface area contributed by atoms with Crippen molar-refractivity contribution in [2.24, 2.45) is 5.92 Å². The largest absolute Gasteiger partial charge is 0.380 e. The molecule has 1 atom stereocenters. The van der Waals surface area contributed by atoms with E-state index >= 15 is 0 Å². The van der Waals surface area contributed by atoms with Crippen molar-refractivity contribution in [2.75, 3.05) is 26.3 Å². The van der Waals surface area contributed by atoms with Crippen LogP contribution in [0.25, 0.3) is 0 Å². The molecule has 14 heavy (non-hydrogen) atoms. The summed E-state index contributed by atoms with van der Waals surface area (Å²) in [5, 5.41) is 5.98. The number of amides is 1. The zero-order chi connectivity index (χ0) is 9.68. The summed E-state index contributed by atoms with van der Waals surface area (Å²) in [6, 6.07) is 0.119. The van der Waals surface area contributed by atoms with Crippen LogP contribution in [0.4, 0.5) is 0 Å². The molecule has 1 amide bonds. The van der Waals surface area contributed by atoms with Gasteiger partial charge in [0, 0.05) is 25.7 Å². The Bertz CT molecular complexity index is 174. The predicted molar refractivity (Wildman–Crippen MR) is 57.7 cm³/mol. The lowest BCUT2D eigenvalue weighted by atomic mass is 10.0. The summed E-state index contributed by atoms with van der Waals surface area (Å²) in [5.41, 5.74) is 0. The third kappa shape index (κ3) is 4.26. The van der Waals surface area contributed by atoms with Gasteiger partial charge in [0.15, 0.2) is 0 Å². The van der Waals surface area contributed by atoms with Gasteiger partial charge in [-0.3, -0.25) is 4.79 Å². The lowest BCUT2D eigenvalue weighted by Crippen LogP contribution is -2.52. The zero-order valence-corrected chi connectivity index (χ0v) is 9.52. The van der Waals surface area contributed by atoms with Crippen LogP contribution in [0.15, 0.2) is 0 Å². The van der Waals surface area contributed by atoms with Gasteiger partial charge in [-0.25, -0.2) is 0 Å². The fourth-order valence-electron chi connectivity index (χ4n) is 1.17. The molecule has 0 radical (unpaired) electrons. The fraction of sp³-hybridized carbons (Fsp3) is 0.889. The second kappa shape index (κ2) is 7.04. The Kier molecular flexibility index (Phi) is 6.87. The van der Waals surface area contributed by atoms with Gasteiger partial charge in [0.1, 0.15) is 0 Å². The predicted octanol–water partition coefficient (Wildman–Crippen LogP) is 0.169. The molecule has 1 saturated heterocycles. The summed E-state index contributed by atoms with van der Waals surface area (Å²) in [6.07, 6.45) is 0. The Hall–Kier alpha value is -0.320. The number of rotatable bonds is 5. The van der Waals surface area contributed by atoms with Crippen molar-refractivity contribution in [3.05, 3.63) is 0 Å². The molecule has 2 N–H and O–H groups in total.